The minimum Gasteiger partial charge on any atom is -0.419 e. The van der Waals surface area contributed by atoms with E-state index < -0.39 is 31.4 Å². The first-order valence-electron chi connectivity index (χ1n) is 14.8. The van der Waals surface area contributed by atoms with Gasteiger partial charge in [0, 0.05) is 17.3 Å². The maximum Gasteiger partial charge on any atom is 0.353 e. The lowest BCUT2D eigenvalue weighted by Gasteiger charge is -2.21. The third-order valence-corrected chi connectivity index (χ3v) is 11.6. The normalized spacial score (nSPS) is 11.7. The number of aryl methyl sites for hydroxylation is 1. The van der Waals surface area contributed by atoms with Crippen molar-refractivity contribution in [3.8, 4) is 17.1 Å². The van der Waals surface area contributed by atoms with Crippen LogP contribution in [0.3, 0.4) is 0 Å². The maximum absolute atomic E-state index is 15.0. The SMILES string of the molecule is CCCCCCCCCCc1cnc(-c2ccc(OC(=O)c3ccc(C[Si](C)(C)CCCC)s3)c(F)c2F)nc1. The minimum absolute atomic E-state index is 0.0615. The van der Waals surface area contributed by atoms with Crippen molar-refractivity contribution in [3.05, 3.63) is 63.6 Å². The molecule has 0 spiro atoms. The monoisotopic (exact) mass is 586 g/mol. The highest BCUT2D eigenvalue weighted by Gasteiger charge is 2.24. The summed E-state index contributed by atoms with van der Waals surface area (Å²) in [5, 5.41) is 0. The molecule has 0 amide bonds. The van der Waals surface area contributed by atoms with Gasteiger partial charge in [-0.15, -0.1) is 11.3 Å². The lowest BCUT2D eigenvalue weighted by molar-refractivity contribution is 0.0732. The highest BCUT2D eigenvalue weighted by molar-refractivity contribution is 7.14. The average Bonchev–Trinajstić information content (AvgIpc) is 3.40. The largest absolute Gasteiger partial charge is 0.419 e. The quantitative estimate of drug-likeness (QED) is 0.0683. The summed E-state index contributed by atoms with van der Waals surface area (Å²) < 4.78 is 35.1. The molecule has 218 valence electrons. The lowest BCUT2D eigenvalue weighted by atomic mass is 10.1. The molecule has 0 aliphatic rings. The molecule has 0 bridgehead atoms. The van der Waals surface area contributed by atoms with Crippen LogP contribution in [-0.2, 0) is 12.5 Å². The Balaban J connectivity index is 1.55. The fraction of sp³-hybridized carbons (Fsp3) is 0.531. The highest BCUT2D eigenvalue weighted by Crippen LogP contribution is 2.30. The number of aromatic nitrogens is 2. The van der Waals surface area contributed by atoms with Crippen LogP contribution in [-0.4, -0.2) is 24.0 Å². The summed E-state index contributed by atoms with van der Waals surface area (Å²) >= 11 is 1.37. The standard InChI is InChI=1S/C32H44F2N2O2SSi/c1-5-7-9-10-11-12-13-14-15-24-21-35-31(36-22-24)26-17-18-27(30(34)29(26)33)38-32(37)28-19-16-25(39-28)23-40(3,4)20-8-6-2/h16-19,21-22H,5-15,20,23H2,1-4H3. The summed E-state index contributed by atoms with van der Waals surface area (Å²) in [5.41, 5.74) is 0.918. The third-order valence-electron chi connectivity index (χ3n) is 7.24. The van der Waals surface area contributed by atoms with Crippen LogP contribution in [0.1, 0.15) is 98.2 Å². The van der Waals surface area contributed by atoms with E-state index in [0.717, 1.165) is 29.3 Å². The Morgan fingerprint density at radius 3 is 2.17 bits per heavy atom. The Kier molecular flexibility index (Phi) is 12.9. The van der Waals surface area contributed by atoms with Crippen LogP contribution in [0.4, 0.5) is 8.78 Å². The van der Waals surface area contributed by atoms with Gasteiger partial charge < -0.3 is 4.74 Å². The number of esters is 1. The summed E-state index contributed by atoms with van der Waals surface area (Å²) in [6.45, 7) is 9.13. The van der Waals surface area contributed by atoms with Crippen molar-refractivity contribution in [2.45, 2.75) is 110 Å². The topological polar surface area (TPSA) is 52.1 Å². The van der Waals surface area contributed by atoms with Gasteiger partial charge >= 0.3 is 5.97 Å². The number of carbonyl (C=O) groups excluding carboxylic acids is 1. The summed E-state index contributed by atoms with van der Waals surface area (Å²) in [7, 11) is -1.40. The molecule has 0 atom stereocenters. The van der Waals surface area contributed by atoms with Gasteiger partial charge in [0.15, 0.2) is 17.4 Å². The third kappa shape index (κ3) is 9.87. The van der Waals surface area contributed by atoms with Crippen LogP contribution in [0.25, 0.3) is 11.4 Å². The molecule has 2 heterocycles. The minimum atomic E-state index is -1.40. The van der Waals surface area contributed by atoms with Crippen LogP contribution in [0.2, 0.25) is 19.1 Å². The number of halogens is 2. The van der Waals surface area contributed by atoms with E-state index in [4.69, 9.17) is 4.74 Å². The van der Waals surface area contributed by atoms with Gasteiger partial charge in [0.2, 0.25) is 5.82 Å². The fourth-order valence-electron chi connectivity index (χ4n) is 4.82. The number of ether oxygens (including phenoxy) is 1. The summed E-state index contributed by atoms with van der Waals surface area (Å²) in [5.74, 6) is -3.37. The van der Waals surface area contributed by atoms with Crippen molar-refractivity contribution in [2.75, 3.05) is 0 Å². The molecule has 8 heteroatoms. The van der Waals surface area contributed by atoms with Crippen molar-refractivity contribution in [1.82, 2.24) is 9.97 Å². The van der Waals surface area contributed by atoms with Gasteiger partial charge in [0.1, 0.15) is 4.88 Å². The number of hydrogen-bond donors (Lipinski definition) is 0. The van der Waals surface area contributed by atoms with Gasteiger partial charge in [-0.05, 0) is 48.7 Å². The first-order valence-corrected chi connectivity index (χ1v) is 19.1. The number of thiophene rings is 1. The molecule has 40 heavy (non-hydrogen) atoms. The number of rotatable bonds is 17. The Morgan fingerprint density at radius 2 is 1.50 bits per heavy atom. The number of hydrogen-bond acceptors (Lipinski definition) is 5. The van der Waals surface area contributed by atoms with Gasteiger partial charge in [0.05, 0.1) is 13.6 Å². The van der Waals surface area contributed by atoms with Crippen molar-refractivity contribution < 1.29 is 18.3 Å². The van der Waals surface area contributed by atoms with Gasteiger partial charge in [-0.1, -0.05) is 90.8 Å². The number of carbonyl (C=O) groups is 1. The van der Waals surface area contributed by atoms with Gasteiger partial charge in [-0.3, -0.25) is 0 Å². The second kappa shape index (κ2) is 16.1. The molecule has 4 nitrogen and oxygen atoms in total. The molecule has 0 aliphatic carbocycles. The molecule has 2 aromatic heterocycles. The summed E-state index contributed by atoms with van der Waals surface area (Å²) in [4.78, 5) is 22.7. The van der Waals surface area contributed by atoms with E-state index in [1.54, 1.807) is 18.5 Å². The second-order valence-electron chi connectivity index (χ2n) is 11.5. The lowest BCUT2D eigenvalue weighted by Crippen LogP contribution is -2.28. The molecular formula is C32H44F2N2O2SSi. The van der Waals surface area contributed by atoms with Crippen molar-refractivity contribution in [3.63, 3.8) is 0 Å². The van der Waals surface area contributed by atoms with E-state index in [-0.39, 0.29) is 11.4 Å². The molecule has 0 aliphatic heterocycles. The zero-order valence-corrected chi connectivity index (χ0v) is 26.3. The highest BCUT2D eigenvalue weighted by atomic mass is 32.1. The first-order chi connectivity index (χ1) is 19.2. The Labute approximate surface area is 243 Å². The predicted molar refractivity (Wildman–Crippen MR) is 164 cm³/mol. The first kappa shape index (κ1) is 32.1. The summed E-state index contributed by atoms with van der Waals surface area (Å²) in [6, 6.07) is 8.50. The fourth-order valence-corrected chi connectivity index (χ4v) is 9.51. The maximum atomic E-state index is 15.0. The van der Waals surface area contributed by atoms with Crippen molar-refractivity contribution in [2.24, 2.45) is 0 Å². The molecule has 3 rings (SSSR count). The Hall–Kier alpha value is -2.45. The van der Waals surface area contributed by atoms with E-state index in [0.29, 0.717) is 4.88 Å². The molecule has 0 saturated carbocycles. The molecule has 1 aromatic carbocycles. The number of benzene rings is 1. The van der Waals surface area contributed by atoms with Gasteiger partial charge in [-0.2, -0.15) is 4.39 Å². The zero-order chi connectivity index (χ0) is 29.0. The van der Waals surface area contributed by atoms with Crippen LogP contribution in [0, 0.1) is 11.6 Å². The Bertz CT molecular complexity index is 1210. The average molecular weight is 587 g/mol. The van der Waals surface area contributed by atoms with E-state index in [9.17, 15) is 13.6 Å². The van der Waals surface area contributed by atoms with E-state index >= 15 is 0 Å². The number of nitrogens with zero attached hydrogens (tertiary/aromatic N) is 2. The molecule has 0 fully saturated rings. The molecule has 0 saturated heterocycles. The predicted octanol–water partition coefficient (Wildman–Crippen LogP) is 9.98. The molecule has 0 unspecified atom stereocenters. The molecule has 3 aromatic rings. The zero-order valence-electron chi connectivity index (χ0n) is 24.5. The molecular weight excluding hydrogens is 543 g/mol. The smallest absolute Gasteiger partial charge is 0.353 e. The van der Waals surface area contributed by atoms with Crippen molar-refractivity contribution >= 4 is 25.4 Å². The van der Waals surface area contributed by atoms with Gasteiger partial charge in [0.25, 0.3) is 0 Å². The van der Waals surface area contributed by atoms with E-state index in [2.05, 4.69) is 36.9 Å². The molecule has 0 radical (unpaired) electrons. The van der Waals surface area contributed by atoms with E-state index in [1.165, 1.54) is 87.3 Å². The summed E-state index contributed by atoms with van der Waals surface area (Å²) in [6.07, 6.45) is 16.6. The van der Waals surface area contributed by atoms with Crippen LogP contribution in [0.5, 0.6) is 5.75 Å². The van der Waals surface area contributed by atoms with Crippen LogP contribution >= 0.6 is 11.3 Å². The second-order valence-corrected chi connectivity index (χ2v) is 17.8. The van der Waals surface area contributed by atoms with Crippen molar-refractivity contribution in [1.29, 1.82) is 0 Å². The Morgan fingerprint density at radius 1 is 0.850 bits per heavy atom. The van der Waals surface area contributed by atoms with Gasteiger partial charge in [-0.25, -0.2) is 19.2 Å². The van der Waals surface area contributed by atoms with E-state index in [1.807, 2.05) is 6.07 Å². The molecule has 0 N–H and O–H groups in total. The van der Waals surface area contributed by atoms with Crippen LogP contribution in [0.15, 0.2) is 36.7 Å². The van der Waals surface area contributed by atoms with Crippen LogP contribution < -0.4 is 4.74 Å². The number of unbranched alkanes of at least 4 members (excludes halogenated alkanes) is 8.